The molecule has 0 amide bonds. The number of carbonyl (C=O) groups is 1. The zero-order valence-corrected chi connectivity index (χ0v) is 18.8. The Morgan fingerprint density at radius 1 is 1.21 bits per heavy atom. The lowest BCUT2D eigenvalue weighted by molar-refractivity contribution is -0.274. The molecule has 1 saturated carbocycles. The third-order valence-corrected chi connectivity index (χ3v) is 6.23. The monoisotopic (exact) mass is 460 g/mol. The Labute approximate surface area is 190 Å². The summed E-state index contributed by atoms with van der Waals surface area (Å²) in [5.74, 6) is -0.0990. The van der Waals surface area contributed by atoms with Gasteiger partial charge in [-0.3, -0.25) is 0 Å². The minimum absolute atomic E-state index is 0.137. The number of fused-ring (bicyclic) bond motifs is 1. The maximum atomic E-state index is 12.7. The van der Waals surface area contributed by atoms with Gasteiger partial charge in [-0.2, -0.15) is 0 Å². The average Bonchev–Trinajstić information content (AvgIpc) is 3.02. The van der Waals surface area contributed by atoms with Gasteiger partial charge in [0.25, 0.3) is 0 Å². The Balaban J connectivity index is 1.78. The molecule has 4 rings (SSSR count). The van der Waals surface area contributed by atoms with E-state index in [9.17, 15) is 23.1 Å². The zero-order chi connectivity index (χ0) is 24.0. The summed E-state index contributed by atoms with van der Waals surface area (Å²) in [6, 6.07) is 11.0. The summed E-state index contributed by atoms with van der Waals surface area (Å²) in [4.78, 5) is 16.2. The van der Waals surface area contributed by atoms with E-state index in [4.69, 9.17) is 4.98 Å². The predicted molar refractivity (Wildman–Crippen MR) is 118 cm³/mol. The topological polar surface area (TPSA) is 64.4 Å². The number of imidazole rings is 1. The van der Waals surface area contributed by atoms with Crippen molar-refractivity contribution in [3.05, 3.63) is 59.4 Å². The lowest BCUT2D eigenvalue weighted by Gasteiger charge is -2.40. The highest BCUT2D eigenvalue weighted by molar-refractivity contribution is 5.92. The fourth-order valence-corrected chi connectivity index (χ4v) is 5.34. The Kier molecular flexibility index (Phi) is 5.88. The molecule has 1 aliphatic carbocycles. The van der Waals surface area contributed by atoms with Crippen LogP contribution in [-0.4, -0.2) is 27.0 Å². The number of carboxylic acids is 1. The molecule has 0 unspecified atom stereocenters. The number of rotatable bonds is 5. The van der Waals surface area contributed by atoms with Crippen LogP contribution in [-0.2, 0) is 6.42 Å². The van der Waals surface area contributed by atoms with Crippen LogP contribution in [0.5, 0.6) is 5.75 Å². The molecule has 1 aromatic heterocycles. The minimum Gasteiger partial charge on any atom is -0.478 e. The molecule has 2 aromatic carbocycles. The van der Waals surface area contributed by atoms with E-state index in [1.54, 1.807) is 24.3 Å². The molecule has 1 heterocycles. The van der Waals surface area contributed by atoms with Gasteiger partial charge in [-0.25, -0.2) is 9.78 Å². The molecule has 2 atom stereocenters. The third kappa shape index (κ3) is 5.31. The standard InChI is InChI=1S/C25H27F3N2O3/c1-15-9-18(14-24(2,3)13-15)30-21-8-7-17(23(31)32)12-20(21)29-22(30)11-16-5-4-6-19(10-16)33-25(26,27)28/h4-8,10,12,15,18H,9,11,13-14H2,1-3H3,(H,31,32)/t15-,18+/m1/s1. The molecule has 1 N–H and O–H groups in total. The van der Waals surface area contributed by atoms with E-state index in [-0.39, 0.29) is 22.8 Å². The van der Waals surface area contributed by atoms with Crippen LogP contribution in [0.15, 0.2) is 42.5 Å². The first-order chi connectivity index (χ1) is 15.4. The van der Waals surface area contributed by atoms with Crippen molar-refractivity contribution in [3.8, 4) is 5.75 Å². The number of ether oxygens (including phenoxy) is 1. The highest BCUT2D eigenvalue weighted by Gasteiger charge is 2.35. The number of alkyl halides is 3. The summed E-state index contributed by atoms with van der Waals surface area (Å²) in [6.07, 6.45) is -1.45. The van der Waals surface area contributed by atoms with Crippen molar-refractivity contribution in [3.63, 3.8) is 0 Å². The number of halogens is 3. The molecule has 0 spiro atoms. The summed E-state index contributed by atoms with van der Waals surface area (Å²) in [5, 5.41) is 9.39. The molecule has 0 saturated heterocycles. The first kappa shape index (κ1) is 23.1. The van der Waals surface area contributed by atoms with Crippen LogP contribution < -0.4 is 4.74 Å². The Hall–Kier alpha value is -3.03. The van der Waals surface area contributed by atoms with E-state index >= 15 is 0 Å². The summed E-state index contributed by atoms with van der Waals surface area (Å²) in [6.45, 7) is 6.72. The number of benzene rings is 2. The second kappa shape index (κ2) is 8.39. The Morgan fingerprint density at radius 3 is 2.64 bits per heavy atom. The van der Waals surface area contributed by atoms with Crippen LogP contribution >= 0.6 is 0 Å². The first-order valence-corrected chi connectivity index (χ1v) is 11.0. The van der Waals surface area contributed by atoms with Crippen molar-refractivity contribution in [1.29, 1.82) is 0 Å². The van der Waals surface area contributed by atoms with E-state index in [0.717, 1.165) is 24.8 Å². The number of carboxylic acid groups (broad SMARTS) is 1. The number of aromatic nitrogens is 2. The van der Waals surface area contributed by atoms with E-state index < -0.39 is 12.3 Å². The van der Waals surface area contributed by atoms with E-state index in [0.29, 0.717) is 29.2 Å². The van der Waals surface area contributed by atoms with Crippen molar-refractivity contribution in [2.75, 3.05) is 0 Å². The second-order valence-electron chi connectivity index (χ2n) is 9.85. The van der Waals surface area contributed by atoms with Gasteiger partial charge in [0.1, 0.15) is 11.6 Å². The van der Waals surface area contributed by atoms with Gasteiger partial charge in [-0.05, 0) is 66.5 Å². The van der Waals surface area contributed by atoms with Crippen molar-refractivity contribution in [2.24, 2.45) is 11.3 Å². The predicted octanol–water partition coefficient (Wildman–Crippen LogP) is 6.61. The molecule has 1 aliphatic rings. The van der Waals surface area contributed by atoms with Crippen LogP contribution in [0.4, 0.5) is 13.2 Å². The SMILES string of the molecule is C[C@@H]1C[C@H](n2c(Cc3cccc(OC(F)(F)F)c3)nc3cc(C(=O)O)ccc32)CC(C)(C)C1. The number of aromatic carboxylic acids is 1. The normalized spacial score (nSPS) is 20.7. The van der Waals surface area contributed by atoms with Gasteiger partial charge in [0.05, 0.1) is 16.6 Å². The van der Waals surface area contributed by atoms with Crippen LogP contribution in [0, 0.1) is 11.3 Å². The molecule has 176 valence electrons. The quantitative estimate of drug-likeness (QED) is 0.465. The van der Waals surface area contributed by atoms with Crippen LogP contribution in [0.2, 0.25) is 0 Å². The van der Waals surface area contributed by atoms with Gasteiger partial charge in [0.15, 0.2) is 0 Å². The van der Waals surface area contributed by atoms with Gasteiger partial charge in [0, 0.05) is 12.5 Å². The van der Waals surface area contributed by atoms with Crippen molar-refractivity contribution >= 4 is 17.0 Å². The minimum atomic E-state index is -4.76. The molecule has 33 heavy (non-hydrogen) atoms. The van der Waals surface area contributed by atoms with Gasteiger partial charge >= 0.3 is 12.3 Å². The zero-order valence-electron chi connectivity index (χ0n) is 18.8. The maximum Gasteiger partial charge on any atom is 0.573 e. The molecule has 8 heteroatoms. The van der Waals surface area contributed by atoms with Crippen molar-refractivity contribution in [2.45, 2.75) is 58.9 Å². The Bertz CT molecular complexity index is 1180. The lowest BCUT2D eigenvalue weighted by Crippen LogP contribution is -2.30. The Morgan fingerprint density at radius 2 is 1.97 bits per heavy atom. The van der Waals surface area contributed by atoms with Gasteiger partial charge in [-0.1, -0.05) is 32.9 Å². The molecule has 5 nitrogen and oxygen atoms in total. The lowest BCUT2D eigenvalue weighted by atomic mass is 9.70. The molecular weight excluding hydrogens is 433 g/mol. The number of hydrogen-bond donors (Lipinski definition) is 1. The molecule has 1 fully saturated rings. The fraction of sp³-hybridized carbons (Fsp3) is 0.440. The fourth-order valence-electron chi connectivity index (χ4n) is 5.34. The van der Waals surface area contributed by atoms with Crippen LogP contribution in [0.1, 0.15) is 67.8 Å². The first-order valence-electron chi connectivity index (χ1n) is 11.0. The number of hydrogen-bond acceptors (Lipinski definition) is 3. The summed E-state index contributed by atoms with van der Waals surface area (Å²) < 4.78 is 44.3. The average molecular weight is 460 g/mol. The summed E-state index contributed by atoms with van der Waals surface area (Å²) in [5.41, 5.74) is 2.33. The maximum absolute atomic E-state index is 12.7. The molecule has 0 aliphatic heterocycles. The van der Waals surface area contributed by atoms with E-state index in [1.165, 1.54) is 18.2 Å². The molecule has 3 aromatic rings. The third-order valence-electron chi connectivity index (χ3n) is 6.23. The largest absolute Gasteiger partial charge is 0.573 e. The van der Waals surface area contributed by atoms with Crippen LogP contribution in [0.25, 0.3) is 11.0 Å². The smallest absolute Gasteiger partial charge is 0.478 e. The number of nitrogens with zero attached hydrogens (tertiary/aromatic N) is 2. The van der Waals surface area contributed by atoms with Crippen LogP contribution in [0.3, 0.4) is 0 Å². The highest BCUT2D eigenvalue weighted by Crippen LogP contribution is 2.45. The summed E-state index contributed by atoms with van der Waals surface area (Å²) in [7, 11) is 0. The van der Waals surface area contributed by atoms with Crippen molar-refractivity contribution < 1.29 is 27.8 Å². The van der Waals surface area contributed by atoms with Gasteiger partial charge < -0.3 is 14.4 Å². The summed E-state index contributed by atoms with van der Waals surface area (Å²) >= 11 is 0. The second-order valence-corrected chi connectivity index (χ2v) is 9.85. The van der Waals surface area contributed by atoms with Gasteiger partial charge in [0.2, 0.25) is 0 Å². The molecule has 0 radical (unpaired) electrons. The molecule has 0 bridgehead atoms. The van der Waals surface area contributed by atoms with E-state index in [2.05, 4.69) is 30.1 Å². The highest BCUT2D eigenvalue weighted by atomic mass is 19.4. The van der Waals surface area contributed by atoms with Gasteiger partial charge in [-0.15, -0.1) is 13.2 Å². The molecular formula is C25H27F3N2O3. The van der Waals surface area contributed by atoms with Crippen molar-refractivity contribution in [1.82, 2.24) is 9.55 Å². The van der Waals surface area contributed by atoms with E-state index in [1.807, 2.05) is 0 Å².